The first-order valence-electron chi connectivity index (χ1n) is 4.67. The van der Waals surface area contributed by atoms with Crippen molar-refractivity contribution in [2.45, 2.75) is 37.9 Å². The largest absolute Gasteiger partial charge is 0.480 e. The molecular weight excluding hydrogens is 188 g/mol. The molecule has 13 heavy (non-hydrogen) atoms. The third-order valence-electron chi connectivity index (χ3n) is 1.72. The Morgan fingerprint density at radius 3 is 2.62 bits per heavy atom. The van der Waals surface area contributed by atoms with Gasteiger partial charge >= 0.3 is 5.97 Å². The zero-order chi connectivity index (χ0) is 10.1. The van der Waals surface area contributed by atoms with Crippen LogP contribution in [0.25, 0.3) is 0 Å². The highest BCUT2D eigenvalue weighted by Crippen LogP contribution is 2.18. The molecule has 0 heterocycles. The van der Waals surface area contributed by atoms with Crippen molar-refractivity contribution in [2.75, 3.05) is 12.4 Å². The minimum atomic E-state index is -0.726. The molecule has 0 aliphatic carbocycles. The number of unbranched alkanes of at least 4 members (excludes halogenated alkanes) is 1. The molecule has 0 amide bonds. The molecule has 1 unspecified atom stereocenters. The normalized spacial score (nSPS) is 12.8. The van der Waals surface area contributed by atoms with Gasteiger partial charge in [0, 0.05) is 6.61 Å². The Balaban J connectivity index is 3.61. The predicted octanol–water partition coefficient (Wildman–Crippen LogP) is 1.75. The Morgan fingerprint density at radius 1 is 1.46 bits per heavy atom. The number of carboxylic acid groups (broad SMARTS) is 1. The van der Waals surface area contributed by atoms with Gasteiger partial charge in [0.15, 0.2) is 0 Å². The van der Waals surface area contributed by atoms with Crippen molar-refractivity contribution in [3.05, 3.63) is 0 Å². The summed E-state index contributed by atoms with van der Waals surface area (Å²) in [6.45, 7) is 2.20. The summed E-state index contributed by atoms with van der Waals surface area (Å²) in [6.07, 6.45) is 3.41. The summed E-state index contributed by atoms with van der Waals surface area (Å²) in [7, 11) is 0. The van der Waals surface area contributed by atoms with Gasteiger partial charge in [-0.25, -0.2) is 0 Å². The lowest BCUT2D eigenvalue weighted by molar-refractivity contribution is -0.136. The number of carbonyl (C=O) groups is 1. The van der Waals surface area contributed by atoms with Gasteiger partial charge in [-0.3, -0.25) is 4.79 Å². The molecule has 4 heteroatoms. The Morgan fingerprint density at radius 2 is 2.15 bits per heavy atom. The maximum absolute atomic E-state index is 10.7. The van der Waals surface area contributed by atoms with Crippen LogP contribution in [-0.4, -0.2) is 33.8 Å². The standard InChI is InChI=1S/C9H18O3S/c1-2-3-5-8(9(11)12)13-7-4-6-10/h8,10H,2-7H2,1H3,(H,11,12). The van der Waals surface area contributed by atoms with Crippen molar-refractivity contribution in [3.63, 3.8) is 0 Å². The quantitative estimate of drug-likeness (QED) is 0.594. The highest BCUT2D eigenvalue weighted by atomic mass is 32.2. The van der Waals surface area contributed by atoms with Crippen LogP contribution in [0.5, 0.6) is 0 Å². The van der Waals surface area contributed by atoms with Gasteiger partial charge in [0.05, 0.1) is 0 Å². The van der Waals surface area contributed by atoms with Crippen molar-refractivity contribution in [1.29, 1.82) is 0 Å². The maximum Gasteiger partial charge on any atom is 0.316 e. The fourth-order valence-electron chi connectivity index (χ4n) is 0.958. The van der Waals surface area contributed by atoms with Crippen LogP contribution in [0, 0.1) is 0 Å². The van der Waals surface area contributed by atoms with Crippen molar-refractivity contribution in [1.82, 2.24) is 0 Å². The van der Waals surface area contributed by atoms with E-state index >= 15 is 0 Å². The zero-order valence-corrected chi connectivity index (χ0v) is 8.85. The van der Waals surface area contributed by atoms with Gasteiger partial charge in [-0.2, -0.15) is 0 Å². The van der Waals surface area contributed by atoms with Gasteiger partial charge in [-0.1, -0.05) is 19.8 Å². The van der Waals surface area contributed by atoms with Crippen LogP contribution < -0.4 is 0 Å². The molecule has 0 spiro atoms. The zero-order valence-electron chi connectivity index (χ0n) is 8.03. The molecule has 0 aromatic carbocycles. The molecule has 0 saturated carbocycles. The first-order valence-corrected chi connectivity index (χ1v) is 5.72. The van der Waals surface area contributed by atoms with Crippen molar-refractivity contribution in [3.8, 4) is 0 Å². The first kappa shape index (κ1) is 12.8. The molecule has 0 rings (SSSR count). The summed E-state index contributed by atoms with van der Waals surface area (Å²) in [6, 6.07) is 0. The SMILES string of the molecule is CCCCC(SCCCO)C(=O)O. The van der Waals surface area contributed by atoms with Crippen LogP contribution in [-0.2, 0) is 4.79 Å². The molecule has 1 atom stereocenters. The third-order valence-corrected chi connectivity index (χ3v) is 3.08. The van der Waals surface area contributed by atoms with E-state index in [4.69, 9.17) is 10.2 Å². The second kappa shape index (κ2) is 8.38. The van der Waals surface area contributed by atoms with Gasteiger partial charge in [0.25, 0.3) is 0 Å². The molecule has 0 aliphatic rings. The maximum atomic E-state index is 10.7. The fraction of sp³-hybridized carbons (Fsp3) is 0.889. The average Bonchev–Trinajstić information content (AvgIpc) is 2.10. The Labute approximate surface area is 83.5 Å². The van der Waals surface area contributed by atoms with E-state index in [0.717, 1.165) is 25.0 Å². The third kappa shape index (κ3) is 6.90. The van der Waals surface area contributed by atoms with Crippen LogP contribution in [0.15, 0.2) is 0 Å². The minimum Gasteiger partial charge on any atom is -0.480 e. The molecule has 0 radical (unpaired) electrons. The Kier molecular flexibility index (Phi) is 8.24. The second-order valence-corrected chi connectivity index (χ2v) is 4.23. The topological polar surface area (TPSA) is 57.5 Å². The number of aliphatic carboxylic acids is 1. The highest BCUT2D eigenvalue weighted by Gasteiger charge is 2.16. The number of rotatable bonds is 8. The highest BCUT2D eigenvalue weighted by molar-refractivity contribution is 8.00. The molecule has 0 fully saturated rings. The summed E-state index contributed by atoms with van der Waals surface area (Å²) in [4.78, 5) is 10.7. The summed E-state index contributed by atoms with van der Waals surface area (Å²) >= 11 is 1.43. The molecule has 3 nitrogen and oxygen atoms in total. The number of hydrogen-bond donors (Lipinski definition) is 2. The molecule has 0 aliphatic heterocycles. The van der Waals surface area contributed by atoms with Gasteiger partial charge in [-0.05, 0) is 18.6 Å². The van der Waals surface area contributed by atoms with Gasteiger partial charge in [0.1, 0.15) is 5.25 Å². The van der Waals surface area contributed by atoms with Crippen LogP contribution in [0.4, 0.5) is 0 Å². The molecule has 0 bridgehead atoms. The Bertz CT molecular complexity index is 139. The summed E-state index contributed by atoms with van der Waals surface area (Å²) < 4.78 is 0. The van der Waals surface area contributed by atoms with E-state index in [1.807, 2.05) is 0 Å². The minimum absolute atomic E-state index is 0.146. The van der Waals surface area contributed by atoms with E-state index in [0.29, 0.717) is 6.42 Å². The van der Waals surface area contributed by atoms with Crippen LogP contribution in [0.2, 0.25) is 0 Å². The van der Waals surface area contributed by atoms with Crippen molar-refractivity contribution >= 4 is 17.7 Å². The predicted molar refractivity (Wildman–Crippen MR) is 55.1 cm³/mol. The molecule has 78 valence electrons. The monoisotopic (exact) mass is 206 g/mol. The van der Waals surface area contributed by atoms with Gasteiger partial charge < -0.3 is 10.2 Å². The smallest absolute Gasteiger partial charge is 0.316 e. The van der Waals surface area contributed by atoms with Crippen molar-refractivity contribution < 1.29 is 15.0 Å². The van der Waals surface area contributed by atoms with E-state index in [1.54, 1.807) is 0 Å². The number of aliphatic hydroxyl groups is 1. The van der Waals surface area contributed by atoms with E-state index in [1.165, 1.54) is 11.8 Å². The second-order valence-electron chi connectivity index (χ2n) is 2.92. The summed E-state index contributed by atoms with van der Waals surface area (Å²) in [5.41, 5.74) is 0. The van der Waals surface area contributed by atoms with E-state index in [-0.39, 0.29) is 11.9 Å². The fourth-order valence-corrected chi connectivity index (χ4v) is 2.01. The molecule has 0 saturated heterocycles. The molecule has 0 aromatic rings. The number of hydrogen-bond acceptors (Lipinski definition) is 3. The molecule has 0 aromatic heterocycles. The number of carboxylic acids is 1. The average molecular weight is 206 g/mol. The summed E-state index contributed by atoms with van der Waals surface area (Å²) in [5, 5.41) is 17.1. The van der Waals surface area contributed by atoms with E-state index < -0.39 is 5.97 Å². The molecular formula is C9H18O3S. The van der Waals surface area contributed by atoms with E-state index in [9.17, 15) is 4.79 Å². The van der Waals surface area contributed by atoms with Gasteiger partial charge in [0.2, 0.25) is 0 Å². The first-order chi connectivity index (χ1) is 6.22. The van der Waals surface area contributed by atoms with Crippen LogP contribution in [0.1, 0.15) is 32.6 Å². The van der Waals surface area contributed by atoms with Crippen LogP contribution >= 0.6 is 11.8 Å². The lowest BCUT2D eigenvalue weighted by atomic mass is 10.2. The lowest BCUT2D eigenvalue weighted by Gasteiger charge is -2.10. The number of aliphatic hydroxyl groups excluding tert-OH is 1. The van der Waals surface area contributed by atoms with Crippen LogP contribution in [0.3, 0.4) is 0 Å². The number of thioether (sulfide) groups is 1. The Hall–Kier alpha value is -0.220. The molecule has 2 N–H and O–H groups in total. The van der Waals surface area contributed by atoms with E-state index in [2.05, 4.69) is 6.92 Å². The lowest BCUT2D eigenvalue weighted by Crippen LogP contribution is -2.16. The summed E-state index contributed by atoms with van der Waals surface area (Å²) in [5.74, 6) is 0.00775. The van der Waals surface area contributed by atoms with Gasteiger partial charge in [-0.15, -0.1) is 11.8 Å². The van der Waals surface area contributed by atoms with Crippen molar-refractivity contribution in [2.24, 2.45) is 0 Å².